The summed E-state index contributed by atoms with van der Waals surface area (Å²) in [6.07, 6.45) is 2.50. The van der Waals surface area contributed by atoms with Gasteiger partial charge in [0.1, 0.15) is 6.07 Å². The first-order valence-corrected chi connectivity index (χ1v) is 6.68. The number of nitrogens with one attached hydrogen (secondary N) is 2. The van der Waals surface area contributed by atoms with Crippen LogP contribution in [-0.4, -0.2) is 19.1 Å². The summed E-state index contributed by atoms with van der Waals surface area (Å²) in [6.45, 7) is 6.47. The second kappa shape index (κ2) is 5.88. The van der Waals surface area contributed by atoms with Crippen molar-refractivity contribution in [3.63, 3.8) is 0 Å². The largest absolute Gasteiger partial charge is 0.381 e. The highest BCUT2D eigenvalue weighted by Gasteiger charge is 2.20. The van der Waals surface area contributed by atoms with Crippen LogP contribution >= 0.6 is 0 Å². The Morgan fingerprint density at radius 1 is 1.50 bits per heavy atom. The average molecular weight is 243 g/mol. The fourth-order valence-electron chi connectivity index (χ4n) is 2.54. The molecule has 1 fully saturated rings. The van der Waals surface area contributed by atoms with E-state index in [2.05, 4.69) is 36.6 Å². The topological polar surface area (TPSA) is 47.9 Å². The third-order valence-electron chi connectivity index (χ3n) is 3.72. The number of hydrogen-bond donors (Lipinski definition) is 2. The summed E-state index contributed by atoms with van der Waals surface area (Å²) in [6, 6.07) is 8.58. The molecule has 0 bridgehead atoms. The zero-order chi connectivity index (χ0) is 13.0. The minimum atomic E-state index is 0.395. The lowest BCUT2D eigenvalue weighted by molar-refractivity contribution is 0.347. The molecule has 0 saturated carbocycles. The normalized spacial score (nSPS) is 21.1. The summed E-state index contributed by atoms with van der Waals surface area (Å²) in [4.78, 5) is 0. The first kappa shape index (κ1) is 12.9. The highest BCUT2D eigenvalue weighted by Crippen LogP contribution is 2.22. The van der Waals surface area contributed by atoms with Crippen LogP contribution in [0.2, 0.25) is 0 Å². The van der Waals surface area contributed by atoms with E-state index < -0.39 is 0 Å². The van der Waals surface area contributed by atoms with Gasteiger partial charge in [0.05, 0.1) is 11.3 Å². The number of aryl methyl sites for hydroxylation is 1. The van der Waals surface area contributed by atoms with Crippen molar-refractivity contribution in [2.45, 2.75) is 32.7 Å². The Labute approximate surface area is 109 Å². The van der Waals surface area contributed by atoms with Gasteiger partial charge in [-0.15, -0.1) is 0 Å². The second-order valence-corrected chi connectivity index (χ2v) is 5.20. The van der Waals surface area contributed by atoms with Crippen LogP contribution in [-0.2, 0) is 0 Å². The van der Waals surface area contributed by atoms with E-state index in [1.54, 1.807) is 0 Å². The average Bonchev–Trinajstić information content (AvgIpc) is 2.40. The Kier molecular flexibility index (Phi) is 4.22. The van der Waals surface area contributed by atoms with Crippen LogP contribution in [0, 0.1) is 24.2 Å². The predicted octanol–water partition coefficient (Wildman–Crippen LogP) is 2.67. The second-order valence-electron chi connectivity index (χ2n) is 5.20. The van der Waals surface area contributed by atoms with Gasteiger partial charge in [-0.2, -0.15) is 5.26 Å². The Bertz CT molecular complexity index is 442. The van der Waals surface area contributed by atoms with Crippen molar-refractivity contribution >= 4 is 5.69 Å². The van der Waals surface area contributed by atoms with Crippen LogP contribution in [0.3, 0.4) is 0 Å². The molecule has 0 aliphatic carbocycles. The highest BCUT2D eigenvalue weighted by molar-refractivity contribution is 5.59. The van der Waals surface area contributed by atoms with Crippen molar-refractivity contribution in [3.8, 4) is 6.07 Å². The fourth-order valence-corrected chi connectivity index (χ4v) is 2.54. The van der Waals surface area contributed by atoms with Gasteiger partial charge in [0.25, 0.3) is 0 Å². The number of nitrogens with zero attached hydrogens (tertiary/aromatic N) is 1. The molecular weight excluding hydrogens is 222 g/mol. The maximum atomic E-state index is 9.13. The molecule has 0 aromatic heterocycles. The molecule has 1 aromatic rings. The van der Waals surface area contributed by atoms with Gasteiger partial charge in [-0.25, -0.2) is 0 Å². The molecule has 1 aliphatic rings. The first-order chi connectivity index (χ1) is 8.70. The zero-order valence-corrected chi connectivity index (χ0v) is 11.2. The smallest absolute Gasteiger partial charge is 0.101 e. The molecule has 3 nitrogen and oxygen atoms in total. The monoisotopic (exact) mass is 243 g/mol. The van der Waals surface area contributed by atoms with E-state index in [1.807, 2.05) is 12.1 Å². The van der Waals surface area contributed by atoms with Crippen molar-refractivity contribution < 1.29 is 0 Å². The minimum Gasteiger partial charge on any atom is -0.381 e. The van der Waals surface area contributed by atoms with Crippen molar-refractivity contribution in [2.75, 3.05) is 18.4 Å². The molecule has 1 heterocycles. The van der Waals surface area contributed by atoms with E-state index in [9.17, 15) is 0 Å². The summed E-state index contributed by atoms with van der Waals surface area (Å²) >= 11 is 0. The quantitative estimate of drug-likeness (QED) is 0.858. The molecule has 0 amide bonds. The lowest BCUT2D eigenvalue weighted by atomic mass is 9.92. The number of benzene rings is 1. The summed E-state index contributed by atoms with van der Waals surface area (Å²) in [5.74, 6) is 0.644. The van der Waals surface area contributed by atoms with Crippen molar-refractivity contribution in [1.29, 1.82) is 5.26 Å². The van der Waals surface area contributed by atoms with Crippen LogP contribution in [0.1, 0.15) is 30.9 Å². The number of hydrogen-bond acceptors (Lipinski definition) is 3. The molecule has 1 aliphatic heterocycles. The lowest BCUT2D eigenvalue weighted by Gasteiger charge is -2.30. The van der Waals surface area contributed by atoms with Crippen LogP contribution < -0.4 is 10.6 Å². The van der Waals surface area contributed by atoms with Crippen molar-refractivity contribution in [2.24, 2.45) is 5.92 Å². The molecule has 2 atom stereocenters. The fraction of sp³-hybridized carbons (Fsp3) is 0.533. The van der Waals surface area contributed by atoms with Crippen LogP contribution in [0.25, 0.3) is 0 Å². The Morgan fingerprint density at radius 2 is 2.33 bits per heavy atom. The Morgan fingerprint density at radius 3 is 3.00 bits per heavy atom. The first-order valence-electron chi connectivity index (χ1n) is 6.68. The van der Waals surface area contributed by atoms with Crippen LogP contribution in [0.5, 0.6) is 0 Å². The van der Waals surface area contributed by atoms with Crippen molar-refractivity contribution in [3.05, 3.63) is 29.3 Å². The van der Waals surface area contributed by atoms with Gasteiger partial charge in [0.2, 0.25) is 0 Å². The standard InChI is InChI=1S/C15H21N3/c1-11-5-6-13(9-16)15(8-11)18-12(2)14-4-3-7-17-10-14/h5-6,8,12,14,17-18H,3-4,7,10H2,1-2H3. The third kappa shape index (κ3) is 3.02. The van der Waals surface area contributed by atoms with E-state index in [4.69, 9.17) is 5.26 Å². The Hall–Kier alpha value is -1.53. The van der Waals surface area contributed by atoms with Crippen LogP contribution in [0.15, 0.2) is 18.2 Å². The van der Waals surface area contributed by atoms with Gasteiger partial charge in [0.15, 0.2) is 0 Å². The Balaban J connectivity index is 2.08. The van der Waals surface area contributed by atoms with Gasteiger partial charge in [-0.1, -0.05) is 6.07 Å². The molecule has 1 aromatic carbocycles. The van der Waals surface area contributed by atoms with E-state index in [1.165, 1.54) is 18.4 Å². The van der Waals surface area contributed by atoms with Gasteiger partial charge >= 0.3 is 0 Å². The number of piperidine rings is 1. The minimum absolute atomic E-state index is 0.395. The number of anilines is 1. The zero-order valence-electron chi connectivity index (χ0n) is 11.2. The SMILES string of the molecule is Cc1ccc(C#N)c(NC(C)C2CCCNC2)c1. The number of rotatable bonds is 3. The number of nitriles is 1. The maximum absolute atomic E-state index is 9.13. The summed E-state index contributed by atoms with van der Waals surface area (Å²) in [5, 5.41) is 16.1. The molecule has 1 saturated heterocycles. The molecule has 0 radical (unpaired) electrons. The summed E-state index contributed by atoms with van der Waals surface area (Å²) < 4.78 is 0. The molecule has 2 rings (SSSR count). The lowest BCUT2D eigenvalue weighted by Crippen LogP contribution is -2.38. The predicted molar refractivity (Wildman–Crippen MR) is 74.6 cm³/mol. The third-order valence-corrected chi connectivity index (χ3v) is 3.72. The van der Waals surface area contributed by atoms with Gasteiger partial charge in [0, 0.05) is 6.04 Å². The highest BCUT2D eigenvalue weighted by atomic mass is 15.0. The summed E-state index contributed by atoms with van der Waals surface area (Å²) in [5.41, 5.74) is 2.89. The summed E-state index contributed by atoms with van der Waals surface area (Å²) in [7, 11) is 0. The molecular formula is C15H21N3. The molecule has 96 valence electrons. The van der Waals surface area contributed by atoms with E-state index in [0.717, 1.165) is 24.3 Å². The molecule has 18 heavy (non-hydrogen) atoms. The van der Waals surface area contributed by atoms with Crippen LogP contribution in [0.4, 0.5) is 5.69 Å². The maximum Gasteiger partial charge on any atom is 0.101 e. The van der Waals surface area contributed by atoms with E-state index in [-0.39, 0.29) is 0 Å². The molecule has 2 N–H and O–H groups in total. The molecule has 0 spiro atoms. The van der Waals surface area contributed by atoms with E-state index in [0.29, 0.717) is 12.0 Å². The van der Waals surface area contributed by atoms with Gasteiger partial charge in [-0.3, -0.25) is 0 Å². The van der Waals surface area contributed by atoms with Gasteiger partial charge in [-0.05, 0) is 63.4 Å². The van der Waals surface area contributed by atoms with Crippen molar-refractivity contribution in [1.82, 2.24) is 5.32 Å². The van der Waals surface area contributed by atoms with E-state index >= 15 is 0 Å². The van der Waals surface area contributed by atoms with Gasteiger partial charge < -0.3 is 10.6 Å². The molecule has 2 unspecified atom stereocenters. The molecule has 3 heteroatoms.